The maximum atomic E-state index is 10.4. The van der Waals surface area contributed by atoms with Crippen LogP contribution in [0.3, 0.4) is 0 Å². The quantitative estimate of drug-likeness (QED) is 0.326. The van der Waals surface area contributed by atoms with Gasteiger partial charge in [0, 0.05) is 12.8 Å². The molecule has 0 saturated carbocycles. The molecule has 0 aliphatic carbocycles. The number of carbonyl (C=O) groups excluding carboxylic acids is 1. The van der Waals surface area contributed by atoms with Crippen LogP contribution in [0.15, 0.2) is 4.99 Å². The van der Waals surface area contributed by atoms with Crippen LogP contribution in [-0.4, -0.2) is 12.6 Å². The van der Waals surface area contributed by atoms with Gasteiger partial charge in [0.15, 0.2) is 0 Å². The zero-order valence-electron chi connectivity index (χ0n) is 6.26. The molecule has 0 heterocycles. The van der Waals surface area contributed by atoms with Crippen LogP contribution < -0.4 is 0 Å². The molecule has 0 rings (SSSR count). The van der Waals surface area contributed by atoms with E-state index in [0.29, 0.717) is 12.8 Å². The number of hydrogen-bond donors (Lipinski definition) is 0. The van der Waals surface area contributed by atoms with E-state index in [1.807, 2.05) is 0 Å². The van der Waals surface area contributed by atoms with Gasteiger partial charge in [-0.3, -0.25) is 4.79 Å². The van der Waals surface area contributed by atoms with E-state index in [2.05, 4.69) is 29.5 Å². The lowest BCUT2D eigenvalue weighted by molar-refractivity contribution is -0.112. The second kappa shape index (κ2) is 6.58. The third kappa shape index (κ3) is 6.34. The normalized spacial score (nSPS) is 7.18. The van der Waals surface area contributed by atoms with Gasteiger partial charge in [0.05, 0.1) is 0 Å². The highest BCUT2D eigenvalue weighted by Gasteiger charge is 1.84. The third-order valence-electron chi connectivity index (χ3n) is 0.962. The molecule has 56 valence electrons. The number of nitrogens with zero attached hydrogens (tertiary/aromatic N) is 1. The van der Waals surface area contributed by atoms with E-state index in [1.54, 1.807) is 0 Å². The molecule has 2 heteroatoms. The first kappa shape index (κ1) is 9.46. The fourth-order valence-corrected chi connectivity index (χ4v) is 0.456. The summed E-state index contributed by atoms with van der Waals surface area (Å²) in [5.41, 5.74) is 0. The van der Waals surface area contributed by atoms with Gasteiger partial charge in [0.2, 0.25) is 0 Å². The van der Waals surface area contributed by atoms with Gasteiger partial charge in [-0.1, -0.05) is 5.92 Å². The van der Waals surface area contributed by atoms with Crippen molar-refractivity contribution in [3.63, 3.8) is 0 Å². The number of unbranched alkanes of at least 4 members (excludes halogenated alkanes) is 2. The molecule has 0 bridgehead atoms. The Bertz CT molecular complexity index is 237. The van der Waals surface area contributed by atoms with Gasteiger partial charge in [-0.25, -0.2) is 4.99 Å². The molecule has 0 radical (unpaired) electrons. The van der Waals surface area contributed by atoms with Gasteiger partial charge in [-0.2, -0.15) is 0 Å². The number of hydrogen-bond acceptors (Lipinski definition) is 1. The van der Waals surface area contributed by atoms with Gasteiger partial charge in [0.25, 0.3) is 0 Å². The van der Waals surface area contributed by atoms with E-state index in [9.17, 15) is 4.79 Å². The average Bonchev–Trinajstić information content (AvgIpc) is 2.04. The summed E-state index contributed by atoms with van der Waals surface area (Å²) in [5, 5.41) is 0. The highest BCUT2D eigenvalue weighted by molar-refractivity contribution is 5.96. The zero-order chi connectivity index (χ0) is 8.53. The first-order valence-electron chi connectivity index (χ1n) is 3.24. The second-order valence-corrected chi connectivity index (χ2v) is 1.82. The van der Waals surface area contributed by atoms with Crippen LogP contribution in [0.25, 0.3) is 0 Å². The molecule has 0 spiro atoms. The monoisotopic (exact) mass is 147 g/mol. The Morgan fingerprint density at radius 1 is 1.55 bits per heavy atom. The van der Waals surface area contributed by atoms with Gasteiger partial charge in [-0.15, -0.1) is 12.3 Å². The predicted octanol–water partition coefficient (Wildman–Crippen LogP) is 1.02. The van der Waals surface area contributed by atoms with Crippen LogP contribution in [0.1, 0.15) is 19.3 Å². The minimum Gasteiger partial charge on any atom is -0.257 e. The van der Waals surface area contributed by atoms with Crippen molar-refractivity contribution in [2.75, 3.05) is 0 Å². The fourth-order valence-electron chi connectivity index (χ4n) is 0.456. The van der Waals surface area contributed by atoms with Crippen molar-refractivity contribution in [3.05, 3.63) is 0 Å². The van der Waals surface area contributed by atoms with Gasteiger partial charge >= 0.3 is 5.91 Å². The largest absolute Gasteiger partial charge is 0.321 e. The van der Waals surface area contributed by atoms with Crippen LogP contribution in [0.4, 0.5) is 0 Å². The van der Waals surface area contributed by atoms with Crippen molar-refractivity contribution < 1.29 is 4.79 Å². The minimum absolute atomic E-state index is 0.481. The Morgan fingerprint density at radius 2 is 2.27 bits per heavy atom. The summed E-state index contributed by atoms with van der Waals surface area (Å²) in [6.45, 7) is 3.04. The van der Waals surface area contributed by atoms with Crippen LogP contribution >= 0.6 is 0 Å². The van der Waals surface area contributed by atoms with Crippen LogP contribution in [0.2, 0.25) is 0 Å². The molecule has 2 nitrogen and oxygen atoms in total. The molecule has 0 aromatic rings. The van der Waals surface area contributed by atoms with Gasteiger partial charge in [-0.05, 0) is 19.1 Å². The van der Waals surface area contributed by atoms with Crippen molar-refractivity contribution in [3.8, 4) is 24.2 Å². The lowest BCUT2D eigenvalue weighted by atomic mass is 10.2. The van der Waals surface area contributed by atoms with Crippen LogP contribution in [-0.2, 0) is 4.79 Å². The van der Waals surface area contributed by atoms with Crippen LogP contribution in [0.5, 0.6) is 0 Å². The minimum atomic E-state index is -0.481. The molecule has 0 aliphatic heterocycles. The first-order chi connectivity index (χ1) is 5.31. The molecular formula is C9H9NO. The Morgan fingerprint density at radius 3 is 2.82 bits per heavy atom. The van der Waals surface area contributed by atoms with E-state index in [1.165, 1.54) is 0 Å². The summed E-state index contributed by atoms with van der Waals surface area (Å²) < 4.78 is 0. The van der Waals surface area contributed by atoms with Crippen LogP contribution in [0, 0.1) is 24.2 Å². The second-order valence-electron chi connectivity index (χ2n) is 1.82. The highest BCUT2D eigenvalue weighted by Crippen LogP contribution is 1.90. The first-order valence-corrected chi connectivity index (χ1v) is 3.24. The Balaban J connectivity index is 3.49. The molecule has 0 aliphatic rings. The smallest absolute Gasteiger partial charge is 0.257 e. The van der Waals surface area contributed by atoms with Crippen molar-refractivity contribution in [1.29, 1.82) is 0 Å². The topological polar surface area (TPSA) is 29.4 Å². The molecule has 0 fully saturated rings. The van der Waals surface area contributed by atoms with Crippen molar-refractivity contribution in [2.24, 2.45) is 4.99 Å². The summed E-state index contributed by atoms with van der Waals surface area (Å²) in [4.78, 5) is 13.5. The van der Waals surface area contributed by atoms with E-state index in [-0.39, 0.29) is 0 Å². The average molecular weight is 147 g/mol. The van der Waals surface area contributed by atoms with Crippen molar-refractivity contribution in [2.45, 2.75) is 19.3 Å². The molecule has 0 atom stereocenters. The Kier molecular flexibility index (Phi) is 5.66. The highest BCUT2D eigenvalue weighted by atomic mass is 16.1. The van der Waals surface area contributed by atoms with Gasteiger partial charge < -0.3 is 0 Å². The molecule has 0 unspecified atom stereocenters. The summed E-state index contributed by atoms with van der Waals surface area (Å²) in [6, 6.07) is 0. The lowest BCUT2D eigenvalue weighted by Gasteiger charge is -1.82. The van der Waals surface area contributed by atoms with Gasteiger partial charge in [0.1, 0.15) is 0 Å². The molecule has 0 aromatic carbocycles. The van der Waals surface area contributed by atoms with Crippen molar-refractivity contribution in [1.82, 2.24) is 0 Å². The summed E-state index contributed by atoms with van der Waals surface area (Å²) >= 11 is 0. The van der Waals surface area contributed by atoms with E-state index >= 15 is 0 Å². The third-order valence-corrected chi connectivity index (χ3v) is 0.962. The summed E-state index contributed by atoms with van der Waals surface area (Å²) in [7, 11) is 0. The molecule has 11 heavy (non-hydrogen) atoms. The zero-order valence-corrected chi connectivity index (χ0v) is 6.26. The SMILES string of the molecule is C#CCCCC#CC(=O)N=C. The maximum absolute atomic E-state index is 10.4. The molecule has 0 N–H and O–H groups in total. The number of aliphatic imine (C=N–C) groups is 1. The standard InChI is InChI=1S/C9H9NO/c1-3-4-5-6-7-8-9(11)10-2/h1H,2,4-6H2. The summed E-state index contributed by atoms with van der Waals surface area (Å²) in [6.07, 6.45) is 7.17. The Labute approximate surface area is 66.7 Å². The molecule has 0 saturated heterocycles. The molecule has 0 aromatic heterocycles. The van der Waals surface area contributed by atoms with Crippen molar-refractivity contribution >= 4 is 12.6 Å². The number of carbonyl (C=O) groups is 1. The van der Waals surface area contributed by atoms with E-state index in [4.69, 9.17) is 6.42 Å². The molecule has 1 amide bonds. The molecular weight excluding hydrogens is 138 g/mol. The number of terminal acetylenes is 1. The van der Waals surface area contributed by atoms with E-state index < -0.39 is 5.91 Å². The van der Waals surface area contributed by atoms with E-state index in [0.717, 1.165) is 6.42 Å². The fraction of sp³-hybridized carbons (Fsp3) is 0.333. The predicted molar refractivity (Wildman–Crippen MR) is 45.0 cm³/mol. The Hall–Kier alpha value is -1.54. The number of rotatable bonds is 2. The summed E-state index contributed by atoms with van der Waals surface area (Å²) in [5.74, 6) is 6.95. The lowest BCUT2D eigenvalue weighted by Crippen LogP contribution is -1.83. The maximum Gasteiger partial charge on any atom is 0.321 e. The number of amides is 1.